The predicted molar refractivity (Wildman–Crippen MR) is 215 cm³/mol. The second kappa shape index (κ2) is 34.7. The SMILES string of the molecule is CCCC/C=C/CCCCCCCC(=O)OC[C@H](COP(=O)(O)OCC[N+](C)(C)C)OC(=O)CCCCCC/C=C/C/C=C/C/C=C/CCCCC. The molecule has 0 radical (unpaired) electrons. The summed E-state index contributed by atoms with van der Waals surface area (Å²) in [5.74, 6) is -0.840. The van der Waals surface area contributed by atoms with Gasteiger partial charge in [-0.3, -0.25) is 18.6 Å². The zero-order valence-electron chi connectivity index (χ0n) is 33.8. The minimum absolute atomic E-state index is 0.0241. The van der Waals surface area contributed by atoms with Gasteiger partial charge in [-0.1, -0.05) is 120 Å². The number of hydrogen-bond donors (Lipinski definition) is 1. The lowest BCUT2D eigenvalue weighted by Crippen LogP contribution is -2.37. The average Bonchev–Trinajstić information content (AvgIpc) is 3.09. The van der Waals surface area contributed by atoms with Crippen LogP contribution in [0.2, 0.25) is 0 Å². The first-order valence-corrected chi connectivity index (χ1v) is 21.9. The molecule has 0 amide bonds. The molecule has 1 unspecified atom stereocenters. The molecule has 0 heterocycles. The first-order chi connectivity index (χ1) is 25.0. The summed E-state index contributed by atoms with van der Waals surface area (Å²) in [7, 11) is 1.45. The lowest BCUT2D eigenvalue weighted by molar-refractivity contribution is -0.870. The van der Waals surface area contributed by atoms with Crippen molar-refractivity contribution in [3.63, 3.8) is 0 Å². The van der Waals surface area contributed by atoms with Crippen LogP contribution in [0.15, 0.2) is 48.6 Å². The number of unbranched alkanes of at least 4 members (excludes halogenated alkanes) is 14. The predicted octanol–water partition coefficient (Wildman–Crippen LogP) is 11.1. The molecule has 1 N–H and O–H groups in total. The third-order valence-corrected chi connectivity index (χ3v) is 9.32. The van der Waals surface area contributed by atoms with Gasteiger partial charge in [-0.2, -0.15) is 0 Å². The molecule has 0 saturated carbocycles. The molecule has 0 aromatic heterocycles. The van der Waals surface area contributed by atoms with Crippen LogP contribution >= 0.6 is 7.82 Å². The van der Waals surface area contributed by atoms with Gasteiger partial charge in [-0.15, -0.1) is 0 Å². The smallest absolute Gasteiger partial charge is 0.462 e. The van der Waals surface area contributed by atoms with Crippen LogP contribution in [0.5, 0.6) is 0 Å². The van der Waals surface area contributed by atoms with Crippen molar-refractivity contribution in [3.05, 3.63) is 48.6 Å². The second-order valence-corrected chi connectivity index (χ2v) is 16.1. The summed E-state index contributed by atoms with van der Waals surface area (Å²) in [4.78, 5) is 35.2. The highest BCUT2D eigenvalue weighted by Gasteiger charge is 2.27. The van der Waals surface area contributed by atoms with Gasteiger partial charge in [0, 0.05) is 12.8 Å². The van der Waals surface area contributed by atoms with Gasteiger partial charge in [-0.05, 0) is 70.6 Å². The second-order valence-electron chi connectivity index (χ2n) is 14.7. The van der Waals surface area contributed by atoms with Gasteiger partial charge in [0.25, 0.3) is 0 Å². The molecule has 0 fully saturated rings. The Morgan fingerprint density at radius 3 is 1.62 bits per heavy atom. The zero-order chi connectivity index (χ0) is 38.6. The minimum atomic E-state index is -4.38. The Morgan fingerprint density at radius 1 is 0.596 bits per heavy atom. The number of carbonyl (C=O) groups is 2. The number of hydrogen-bond acceptors (Lipinski definition) is 7. The van der Waals surface area contributed by atoms with Gasteiger partial charge in [-0.25, -0.2) is 4.57 Å². The van der Waals surface area contributed by atoms with E-state index in [0.29, 0.717) is 17.4 Å². The van der Waals surface area contributed by atoms with Gasteiger partial charge < -0.3 is 18.9 Å². The fraction of sp³-hybridized carbons (Fsp3) is 0.762. The number of allylic oxidation sites excluding steroid dienone is 8. The molecule has 52 heavy (non-hydrogen) atoms. The van der Waals surface area contributed by atoms with Crippen LogP contribution in [0, 0.1) is 0 Å². The molecule has 0 aliphatic carbocycles. The van der Waals surface area contributed by atoms with Crippen LogP contribution in [0.25, 0.3) is 0 Å². The summed E-state index contributed by atoms with van der Waals surface area (Å²) in [5, 5.41) is 0. The fourth-order valence-electron chi connectivity index (χ4n) is 5.06. The highest BCUT2D eigenvalue weighted by Crippen LogP contribution is 2.43. The van der Waals surface area contributed by atoms with E-state index in [0.717, 1.165) is 83.5 Å². The van der Waals surface area contributed by atoms with Crippen molar-refractivity contribution in [2.24, 2.45) is 0 Å². The Morgan fingerprint density at radius 2 is 1.06 bits per heavy atom. The van der Waals surface area contributed by atoms with Crippen LogP contribution in [0.3, 0.4) is 0 Å². The quantitative estimate of drug-likeness (QED) is 0.0221. The number of esters is 2. The van der Waals surface area contributed by atoms with E-state index in [2.05, 4.69) is 62.5 Å². The van der Waals surface area contributed by atoms with E-state index < -0.39 is 26.5 Å². The first-order valence-electron chi connectivity index (χ1n) is 20.4. The number of ether oxygens (including phenoxy) is 2. The highest BCUT2D eigenvalue weighted by atomic mass is 31.2. The highest BCUT2D eigenvalue weighted by molar-refractivity contribution is 7.47. The number of nitrogens with zero attached hydrogens (tertiary/aromatic N) is 1. The molecular weight excluding hydrogens is 677 g/mol. The standard InChI is InChI=1S/C42H76NO8P/c1-6-8-10-12-14-16-18-19-20-21-22-23-25-27-29-31-33-35-42(45)51-40(39-50-52(46,47)49-37-36-43(3,4)5)38-48-41(44)34-32-30-28-26-24-17-15-13-11-9-7-2/h13-16,19-20,22-23,40H,6-12,17-18,21,24-39H2,1-5H3/p+1/b15-13+,16-14+,20-19+,23-22+/t40-/m1/s1. The minimum Gasteiger partial charge on any atom is -0.462 e. The van der Waals surface area contributed by atoms with Gasteiger partial charge >= 0.3 is 19.8 Å². The third kappa shape index (κ3) is 37.7. The molecule has 10 heteroatoms. The number of phosphoric acid groups is 1. The molecule has 0 spiro atoms. The number of carbonyl (C=O) groups excluding carboxylic acids is 2. The Labute approximate surface area is 318 Å². The summed E-state index contributed by atoms with van der Waals surface area (Å²) in [6.07, 6.45) is 38.7. The largest absolute Gasteiger partial charge is 0.472 e. The lowest BCUT2D eigenvalue weighted by atomic mass is 10.1. The average molecular weight is 755 g/mol. The molecule has 0 aromatic rings. The normalized spacial score (nSPS) is 14.2. The molecule has 0 aliphatic rings. The Kier molecular flexibility index (Phi) is 33.4. The number of likely N-dealkylation sites (N-methyl/N-ethyl adjacent to an activating group) is 1. The van der Waals surface area contributed by atoms with Crippen LogP contribution < -0.4 is 0 Å². The van der Waals surface area contributed by atoms with Crippen molar-refractivity contribution in [1.82, 2.24) is 0 Å². The molecule has 0 rings (SSSR count). The van der Waals surface area contributed by atoms with E-state index in [1.165, 1.54) is 38.5 Å². The van der Waals surface area contributed by atoms with Crippen LogP contribution in [-0.4, -0.2) is 74.9 Å². The maximum atomic E-state index is 12.6. The van der Waals surface area contributed by atoms with Crippen LogP contribution in [-0.2, 0) is 32.7 Å². The van der Waals surface area contributed by atoms with E-state index in [9.17, 15) is 19.0 Å². The number of phosphoric ester groups is 1. The zero-order valence-corrected chi connectivity index (χ0v) is 34.7. The molecule has 0 saturated heterocycles. The van der Waals surface area contributed by atoms with Crippen LogP contribution in [0.4, 0.5) is 0 Å². The third-order valence-electron chi connectivity index (χ3n) is 8.33. The van der Waals surface area contributed by atoms with E-state index in [1.807, 2.05) is 21.1 Å². The maximum absolute atomic E-state index is 12.6. The summed E-state index contributed by atoms with van der Waals surface area (Å²) in [5.41, 5.74) is 0. The summed E-state index contributed by atoms with van der Waals surface area (Å²) in [6, 6.07) is 0. The van der Waals surface area contributed by atoms with E-state index in [4.69, 9.17) is 18.5 Å². The monoisotopic (exact) mass is 755 g/mol. The van der Waals surface area contributed by atoms with Crippen molar-refractivity contribution in [3.8, 4) is 0 Å². The molecule has 0 aromatic carbocycles. The topological polar surface area (TPSA) is 108 Å². The fourth-order valence-corrected chi connectivity index (χ4v) is 5.80. The molecule has 2 atom stereocenters. The Hall–Kier alpha value is -2.03. The Balaban J connectivity index is 4.46. The van der Waals surface area contributed by atoms with Crippen molar-refractivity contribution >= 4 is 19.8 Å². The summed E-state index contributed by atoms with van der Waals surface area (Å²) >= 11 is 0. The van der Waals surface area contributed by atoms with Crippen LogP contribution in [0.1, 0.15) is 155 Å². The number of quaternary nitrogens is 1. The van der Waals surface area contributed by atoms with E-state index >= 15 is 0 Å². The van der Waals surface area contributed by atoms with E-state index in [1.54, 1.807) is 0 Å². The molecule has 0 bridgehead atoms. The van der Waals surface area contributed by atoms with Gasteiger partial charge in [0.1, 0.15) is 19.8 Å². The van der Waals surface area contributed by atoms with Crippen molar-refractivity contribution < 1.29 is 42.1 Å². The van der Waals surface area contributed by atoms with E-state index in [-0.39, 0.29) is 32.0 Å². The van der Waals surface area contributed by atoms with Crippen molar-refractivity contribution in [1.29, 1.82) is 0 Å². The van der Waals surface area contributed by atoms with Gasteiger partial charge in [0.2, 0.25) is 0 Å². The number of rotatable bonds is 36. The Bertz CT molecular complexity index is 1030. The first kappa shape index (κ1) is 50.0. The maximum Gasteiger partial charge on any atom is 0.472 e. The summed E-state index contributed by atoms with van der Waals surface area (Å²) < 4.78 is 34.2. The lowest BCUT2D eigenvalue weighted by Gasteiger charge is -2.24. The molecule has 9 nitrogen and oxygen atoms in total. The van der Waals surface area contributed by atoms with Gasteiger partial charge in [0.05, 0.1) is 27.7 Å². The van der Waals surface area contributed by atoms with Crippen molar-refractivity contribution in [2.75, 3.05) is 47.5 Å². The molecule has 302 valence electrons. The van der Waals surface area contributed by atoms with Gasteiger partial charge in [0.15, 0.2) is 6.10 Å². The molecular formula is C42H77NO8P+. The summed E-state index contributed by atoms with van der Waals surface area (Å²) in [6.45, 7) is 4.30. The molecule has 0 aliphatic heterocycles. The van der Waals surface area contributed by atoms with Crippen molar-refractivity contribution in [2.45, 2.75) is 161 Å².